The second kappa shape index (κ2) is 6.79. The number of aryl methyl sites for hydroxylation is 1. The Balaban J connectivity index is 2.00. The fourth-order valence-electron chi connectivity index (χ4n) is 2.62. The van der Waals surface area contributed by atoms with Crippen molar-refractivity contribution in [2.24, 2.45) is 0 Å². The van der Waals surface area contributed by atoms with Gasteiger partial charge in [0.1, 0.15) is 11.4 Å². The molecule has 0 unspecified atom stereocenters. The van der Waals surface area contributed by atoms with Crippen molar-refractivity contribution >= 4 is 35.3 Å². The Morgan fingerprint density at radius 3 is 2.37 bits per heavy atom. The number of imide groups is 2. The van der Waals surface area contributed by atoms with Crippen molar-refractivity contribution in [2.75, 3.05) is 4.90 Å². The Kier molecular flexibility index (Phi) is 4.51. The maximum atomic E-state index is 13.1. The van der Waals surface area contributed by atoms with Gasteiger partial charge >= 0.3 is 6.03 Å². The molecule has 27 heavy (non-hydrogen) atoms. The first-order chi connectivity index (χ1) is 12.8. The van der Waals surface area contributed by atoms with Crippen LogP contribution in [0.3, 0.4) is 0 Å². The summed E-state index contributed by atoms with van der Waals surface area (Å²) in [5.41, 5.74) is 0.401. The van der Waals surface area contributed by atoms with E-state index in [0.29, 0.717) is 16.0 Å². The molecule has 1 fully saturated rings. The molecular formula is C18H12FN3O5. The third kappa shape index (κ3) is 3.43. The molecule has 0 bridgehead atoms. The molecule has 0 atom stereocenters. The van der Waals surface area contributed by atoms with Gasteiger partial charge in [-0.15, -0.1) is 0 Å². The largest absolute Gasteiger partial charge is 0.335 e. The Hall–Kier alpha value is -3.88. The van der Waals surface area contributed by atoms with Gasteiger partial charge in [-0.3, -0.25) is 25.0 Å². The topological polar surface area (TPSA) is 110 Å². The number of urea groups is 1. The minimum Gasteiger partial charge on any atom is -0.273 e. The molecule has 1 aliphatic rings. The molecule has 9 heteroatoms. The first-order valence-electron chi connectivity index (χ1n) is 7.70. The summed E-state index contributed by atoms with van der Waals surface area (Å²) in [4.78, 5) is 47.9. The van der Waals surface area contributed by atoms with Gasteiger partial charge in [-0.25, -0.2) is 14.1 Å². The summed E-state index contributed by atoms with van der Waals surface area (Å²) in [6, 6.07) is 7.77. The summed E-state index contributed by atoms with van der Waals surface area (Å²) in [6.07, 6.45) is 1.23. The summed E-state index contributed by atoms with van der Waals surface area (Å²) in [6.45, 7) is 1.53. The highest BCUT2D eigenvalue weighted by atomic mass is 19.1. The zero-order chi connectivity index (χ0) is 19.7. The number of nitrogens with zero attached hydrogens (tertiary/aromatic N) is 2. The van der Waals surface area contributed by atoms with E-state index in [0.717, 1.165) is 12.1 Å². The third-order valence-corrected chi connectivity index (χ3v) is 3.92. The maximum absolute atomic E-state index is 13.1. The van der Waals surface area contributed by atoms with Crippen LogP contribution >= 0.6 is 0 Å². The van der Waals surface area contributed by atoms with Gasteiger partial charge in [-0.2, -0.15) is 0 Å². The smallest absolute Gasteiger partial charge is 0.273 e. The van der Waals surface area contributed by atoms with Gasteiger partial charge in [-0.1, -0.05) is 0 Å². The highest BCUT2D eigenvalue weighted by Crippen LogP contribution is 2.24. The van der Waals surface area contributed by atoms with Gasteiger partial charge in [0.25, 0.3) is 17.5 Å². The van der Waals surface area contributed by atoms with E-state index in [-0.39, 0.29) is 16.9 Å². The van der Waals surface area contributed by atoms with E-state index in [9.17, 15) is 28.9 Å². The SMILES string of the molecule is Cc1cc(/C=C2/C(=O)NC(=O)N(c3ccc(F)cc3)C2=O)ccc1[N+](=O)[O-]. The van der Waals surface area contributed by atoms with Crippen LogP contribution in [0.25, 0.3) is 6.08 Å². The van der Waals surface area contributed by atoms with E-state index >= 15 is 0 Å². The average molecular weight is 369 g/mol. The molecule has 1 N–H and O–H groups in total. The minimum absolute atomic E-state index is 0.0946. The minimum atomic E-state index is -0.950. The number of hydrogen-bond acceptors (Lipinski definition) is 5. The number of carbonyl (C=O) groups is 3. The van der Waals surface area contributed by atoms with E-state index in [4.69, 9.17) is 0 Å². The zero-order valence-corrected chi connectivity index (χ0v) is 13.9. The number of barbiturate groups is 1. The summed E-state index contributed by atoms with van der Waals surface area (Å²) in [5, 5.41) is 12.9. The van der Waals surface area contributed by atoms with Crippen molar-refractivity contribution in [1.29, 1.82) is 0 Å². The number of anilines is 1. The number of carbonyl (C=O) groups excluding carboxylic acids is 3. The molecule has 136 valence electrons. The zero-order valence-electron chi connectivity index (χ0n) is 13.9. The van der Waals surface area contributed by atoms with E-state index in [1.54, 1.807) is 0 Å². The van der Waals surface area contributed by atoms with Crippen LogP contribution < -0.4 is 10.2 Å². The first-order valence-corrected chi connectivity index (χ1v) is 7.70. The predicted octanol–water partition coefficient (Wildman–Crippen LogP) is 2.71. The molecule has 3 rings (SSSR count). The fourth-order valence-corrected chi connectivity index (χ4v) is 2.62. The van der Waals surface area contributed by atoms with Crippen LogP contribution in [0.15, 0.2) is 48.0 Å². The molecular weight excluding hydrogens is 357 g/mol. The van der Waals surface area contributed by atoms with Crippen LogP contribution in [-0.2, 0) is 9.59 Å². The van der Waals surface area contributed by atoms with Crippen molar-refractivity contribution in [2.45, 2.75) is 6.92 Å². The normalized spacial score (nSPS) is 15.9. The molecule has 4 amide bonds. The Labute approximate surface area is 152 Å². The van der Waals surface area contributed by atoms with E-state index in [1.165, 1.54) is 43.3 Å². The highest BCUT2D eigenvalue weighted by molar-refractivity contribution is 6.39. The third-order valence-electron chi connectivity index (χ3n) is 3.92. The molecule has 0 radical (unpaired) electrons. The molecule has 0 aliphatic carbocycles. The van der Waals surface area contributed by atoms with E-state index in [2.05, 4.69) is 0 Å². The lowest BCUT2D eigenvalue weighted by molar-refractivity contribution is -0.385. The monoisotopic (exact) mass is 369 g/mol. The van der Waals surface area contributed by atoms with E-state index in [1.807, 2.05) is 5.32 Å². The quantitative estimate of drug-likeness (QED) is 0.387. The van der Waals surface area contributed by atoms with Crippen molar-refractivity contribution in [3.05, 3.63) is 75.1 Å². The predicted molar refractivity (Wildman–Crippen MR) is 93.2 cm³/mol. The van der Waals surface area contributed by atoms with Crippen molar-refractivity contribution < 1.29 is 23.7 Å². The van der Waals surface area contributed by atoms with Crippen LogP contribution in [0.5, 0.6) is 0 Å². The Morgan fingerprint density at radius 2 is 1.78 bits per heavy atom. The van der Waals surface area contributed by atoms with Crippen LogP contribution in [0.4, 0.5) is 20.6 Å². The van der Waals surface area contributed by atoms with Gasteiger partial charge in [0, 0.05) is 11.6 Å². The van der Waals surface area contributed by atoms with Crippen molar-refractivity contribution in [1.82, 2.24) is 5.32 Å². The fraction of sp³-hybridized carbons (Fsp3) is 0.0556. The van der Waals surface area contributed by atoms with Gasteiger partial charge in [-0.05, 0) is 55.0 Å². The van der Waals surface area contributed by atoms with E-state index < -0.39 is 28.6 Å². The second-order valence-electron chi connectivity index (χ2n) is 5.74. The van der Waals surface area contributed by atoms with Crippen LogP contribution in [0.2, 0.25) is 0 Å². The van der Waals surface area contributed by atoms with Gasteiger partial charge in [0.05, 0.1) is 10.6 Å². The number of benzene rings is 2. The maximum Gasteiger partial charge on any atom is 0.335 e. The number of halogens is 1. The average Bonchev–Trinajstić information content (AvgIpc) is 2.60. The van der Waals surface area contributed by atoms with Crippen LogP contribution in [0, 0.1) is 22.9 Å². The van der Waals surface area contributed by atoms with Crippen molar-refractivity contribution in [3.8, 4) is 0 Å². The number of nitro benzene ring substituents is 1. The summed E-state index contributed by atoms with van der Waals surface area (Å²) >= 11 is 0. The number of nitrogens with one attached hydrogen (secondary N) is 1. The van der Waals surface area contributed by atoms with Crippen LogP contribution in [0.1, 0.15) is 11.1 Å². The molecule has 2 aromatic rings. The molecule has 0 spiro atoms. The number of amides is 4. The summed E-state index contributed by atoms with van der Waals surface area (Å²) < 4.78 is 13.1. The number of hydrogen-bond donors (Lipinski definition) is 1. The van der Waals surface area contributed by atoms with Crippen molar-refractivity contribution in [3.63, 3.8) is 0 Å². The molecule has 2 aromatic carbocycles. The first kappa shape index (κ1) is 17.9. The lowest BCUT2D eigenvalue weighted by Gasteiger charge is -2.26. The summed E-state index contributed by atoms with van der Waals surface area (Å²) in [5.74, 6) is -2.32. The highest BCUT2D eigenvalue weighted by Gasteiger charge is 2.36. The molecule has 1 saturated heterocycles. The Bertz CT molecular complexity index is 1010. The van der Waals surface area contributed by atoms with Gasteiger partial charge in [0.15, 0.2) is 0 Å². The number of nitro groups is 1. The standard InChI is InChI=1S/C18H12FN3O5/c1-10-8-11(2-7-15(10)22(26)27)9-14-16(23)20-18(25)21(17(14)24)13-5-3-12(19)4-6-13/h2-9H,1H3,(H,20,23,25)/b14-9-. The van der Waals surface area contributed by atoms with Gasteiger partial charge < -0.3 is 0 Å². The molecule has 1 heterocycles. The molecule has 1 aliphatic heterocycles. The lowest BCUT2D eigenvalue weighted by Crippen LogP contribution is -2.54. The summed E-state index contributed by atoms with van der Waals surface area (Å²) in [7, 11) is 0. The molecule has 0 aromatic heterocycles. The van der Waals surface area contributed by atoms with Gasteiger partial charge in [0.2, 0.25) is 0 Å². The second-order valence-corrected chi connectivity index (χ2v) is 5.74. The molecule has 8 nitrogen and oxygen atoms in total. The lowest BCUT2D eigenvalue weighted by atomic mass is 10.0. The molecule has 0 saturated carbocycles. The van der Waals surface area contributed by atoms with Crippen LogP contribution in [-0.4, -0.2) is 22.8 Å². The Morgan fingerprint density at radius 1 is 1.11 bits per heavy atom. The number of rotatable bonds is 3.